The van der Waals surface area contributed by atoms with Crippen LogP contribution in [-0.2, 0) is 11.3 Å². The molecule has 0 aliphatic carbocycles. The summed E-state index contributed by atoms with van der Waals surface area (Å²) >= 11 is 6.00. The summed E-state index contributed by atoms with van der Waals surface area (Å²) in [4.78, 5) is 28.0. The summed E-state index contributed by atoms with van der Waals surface area (Å²) in [6.45, 7) is 3.19. The molecule has 0 fully saturated rings. The Bertz CT molecular complexity index is 1060. The fourth-order valence-electron chi connectivity index (χ4n) is 3.14. The van der Waals surface area contributed by atoms with Gasteiger partial charge in [0, 0.05) is 30.4 Å². The predicted molar refractivity (Wildman–Crippen MR) is 123 cm³/mol. The van der Waals surface area contributed by atoms with Gasteiger partial charge in [0.1, 0.15) is 5.70 Å². The lowest BCUT2D eigenvalue weighted by Crippen LogP contribution is -2.35. The van der Waals surface area contributed by atoms with E-state index in [0.717, 1.165) is 24.0 Å². The average Bonchev–Trinajstić information content (AvgIpc) is 2.77. The molecule has 5 heteroatoms. The van der Waals surface area contributed by atoms with Gasteiger partial charge in [-0.25, -0.2) is 0 Å². The second kappa shape index (κ2) is 10.6. The second-order valence-corrected chi connectivity index (χ2v) is 7.49. The highest BCUT2D eigenvalue weighted by atomic mass is 35.5. The Morgan fingerprint density at radius 2 is 1.70 bits per heavy atom. The summed E-state index contributed by atoms with van der Waals surface area (Å²) in [7, 11) is 0. The molecule has 0 unspecified atom stereocenters. The van der Waals surface area contributed by atoms with Gasteiger partial charge in [-0.15, -0.1) is 0 Å². The lowest BCUT2D eigenvalue weighted by Gasteiger charge is -2.25. The highest BCUT2D eigenvalue weighted by Gasteiger charge is 2.20. The number of rotatable bonds is 8. The van der Waals surface area contributed by atoms with E-state index >= 15 is 0 Å². The van der Waals surface area contributed by atoms with E-state index in [0.29, 0.717) is 23.8 Å². The van der Waals surface area contributed by atoms with Crippen LogP contribution in [0.4, 0.5) is 0 Å². The van der Waals surface area contributed by atoms with Crippen molar-refractivity contribution >= 4 is 29.3 Å². The SMILES string of the molecule is CCCCN(Cc1ccccc1)C(=O)C(=Cc1ccc(Cl)cc1)n1ccccc1=O. The van der Waals surface area contributed by atoms with E-state index in [2.05, 4.69) is 6.92 Å². The number of hydrogen-bond acceptors (Lipinski definition) is 2. The van der Waals surface area contributed by atoms with Crippen molar-refractivity contribution in [3.8, 4) is 0 Å². The van der Waals surface area contributed by atoms with Crippen LogP contribution in [0.25, 0.3) is 11.8 Å². The van der Waals surface area contributed by atoms with Gasteiger partial charge < -0.3 is 4.90 Å². The minimum atomic E-state index is -0.249. The van der Waals surface area contributed by atoms with Crippen LogP contribution in [0.1, 0.15) is 30.9 Å². The van der Waals surface area contributed by atoms with Gasteiger partial charge in [0.25, 0.3) is 11.5 Å². The molecule has 1 aromatic heterocycles. The van der Waals surface area contributed by atoms with Crippen LogP contribution in [0, 0.1) is 0 Å². The van der Waals surface area contributed by atoms with E-state index in [-0.39, 0.29) is 11.5 Å². The number of aromatic nitrogens is 1. The number of nitrogens with zero attached hydrogens (tertiary/aromatic N) is 2. The number of benzene rings is 2. The fourth-order valence-corrected chi connectivity index (χ4v) is 3.27. The first kappa shape index (κ1) is 21.6. The Morgan fingerprint density at radius 1 is 1.00 bits per heavy atom. The Kier molecular flexibility index (Phi) is 7.63. The van der Waals surface area contributed by atoms with Crippen molar-refractivity contribution in [2.24, 2.45) is 0 Å². The molecule has 30 heavy (non-hydrogen) atoms. The predicted octanol–water partition coefficient (Wildman–Crippen LogP) is 5.33. The molecule has 0 saturated heterocycles. The zero-order chi connectivity index (χ0) is 21.3. The number of hydrogen-bond donors (Lipinski definition) is 0. The number of pyridine rings is 1. The van der Waals surface area contributed by atoms with Crippen molar-refractivity contribution in [1.29, 1.82) is 0 Å². The molecule has 0 bridgehead atoms. The molecule has 0 radical (unpaired) electrons. The van der Waals surface area contributed by atoms with Crippen molar-refractivity contribution in [2.75, 3.05) is 6.54 Å². The lowest BCUT2D eigenvalue weighted by molar-refractivity contribution is -0.126. The number of carbonyl (C=O) groups is 1. The smallest absolute Gasteiger partial charge is 0.271 e. The Morgan fingerprint density at radius 3 is 2.37 bits per heavy atom. The monoisotopic (exact) mass is 420 g/mol. The van der Waals surface area contributed by atoms with Crippen LogP contribution < -0.4 is 5.56 Å². The molecule has 3 aromatic rings. The molecule has 154 valence electrons. The molecule has 0 saturated carbocycles. The minimum Gasteiger partial charge on any atom is -0.333 e. The van der Waals surface area contributed by atoms with Crippen LogP contribution >= 0.6 is 11.6 Å². The van der Waals surface area contributed by atoms with Crippen molar-refractivity contribution in [2.45, 2.75) is 26.3 Å². The van der Waals surface area contributed by atoms with E-state index in [9.17, 15) is 9.59 Å². The van der Waals surface area contributed by atoms with Crippen LogP contribution in [0.15, 0.2) is 83.8 Å². The van der Waals surface area contributed by atoms with E-state index in [1.165, 1.54) is 10.6 Å². The molecule has 0 spiro atoms. The van der Waals surface area contributed by atoms with Gasteiger partial charge in [-0.3, -0.25) is 14.2 Å². The first-order valence-electron chi connectivity index (χ1n) is 10.1. The molecule has 0 N–H and O–H groups in total. The van der Waals surface area contributed by atoms with E-state index < -0.39 is 0 Å². The number of halogens is 1. The van der Waals surface area contributed by atoms with Gasteiger partial charge in [0.15, 0.2) is 0 Å². The van der Waals surface area contributed by atoms with E-state index in [4.69, 9.17) is 11.6 Å². The third-order valence-electron chi connectivity index (χ3n) is 4.76. The summed E-state index contributed by atoms with van der Waals surface area (Å²) in [5, 5.41) is 0.616. The number of unbranched alkanes of at least 4 members (excludes halogenated alkanes) is 1. The average molecular weight is 421 g/mol. The molecular formula is C25H25ClN2O2. The van der Waals surface area contributed by atoms with Gasteiger partial charge in [0.2, 0.25) is 0 Å². The molecule has 0 aliphatic heterocycles. The maximum absolute atomic E-state index is 13.6. The molecule has 1 heterocycles. The van der Waals surface area contributed by atoms with Gasteiger partial charge in [-0.1, -0.05) is 73.5 Å². The standard InChI is InChI=1S/C25H25ClN2O2/c1-2-3-16-27(19-21-9-5-4-6-10-21)25(30)23(28-17-8-7-11-24(28)29)18-20-12-14-22(26)15-13-20/h4-15,17-18H,2-3,16,19H2,1H3. The normalized spacial score (nSPS) is 11.3. The minimum absolute atomic E-state index is 0.185. The zero-order valence-corrected chi connectivity index (χ0v) is 17.8. The first-order valence-corrected chi connectivity index (χ1v) is 10.4. The third-order valence-corrected chi connectivity index (χ3v) is 5.01. The maximum atomic E-state index is 13.6. The summed E-state index contributed by atoms with van der Waals surface area (Å²) < 4.78 is 1.40. The topological polar surface area (TPSA) is 42.3 Å². The summed E-state index contributed by atoms with van der Waals surface area (Å²) in [5.41, 5.74) is 1.91. The highest BCUT2D eigenvalue weighted by molar-refractivity contribution is 6.30. The summed E-state index contributed by atoms with van der Waals surface area (Å²) in [6, 6.07) is 22.0. The van der Waals surface area contributed by atoms with E-state index in [1.807, 2.05) is 42.5 Å². The van der Waals surface area contributed by atoms with Crippen LogP contribution in [-0.4, -0.2) is 21.9 Å². The van der Waals surface area contributed by atoms with E-state index in [1.54, 1.807) is 41.4 Å². The molecule has 4 nitrogen and oxygen atoms in total. The second-order valence-electron chi connectivity index (χ2n) is 7.06. The molecule has 1 amide bonds. The molecule has 3 rings (SSSR count). The summed E-state index contributed by atoms with van der Waals surface area (Å²) in [6.07, 6.45) is 5.23. The van der Waals surface area contributed by atoms with Crippen LogP contribution in [0.2, 0.25) is 5.02 Å². The molecular weight excluding hydrogens is 396 g/mol. The number of carbonyl (C=O) groups excluding carboxylic acids is 1. The van der Waals surface area contributed by atoms with Crippen LogP contribution in [0.3, 0.4) is 0 Å². The molecule has 0 atom stereocenters. The first-order chi connectivity index (χ1) is 14.6. The lowest BCUT2D eigenvalue weighted by atomic mass is 10.1. The molecule has 0 aliphatic rings. The van der Waals surface area contributed by atoms with Gasteiger partial charge in [0.05, 0.1) is 0 Å². The maximum Gasteiger partial charge on any atom is 0.271 e. The van der Waals surface area contributed by atoms with Gasteiger partial charge in [-0.2, -0.15) is 0 Å². The number of amides is 1. The van der Waals surface area contributed by atoms with Crippen molar-refractivity contribution in [3.05, 3.63) is 105 Å². The Hall–Kier alpha value is -3.11. The van der Waals surface area contributed by atoms with Gasteiger partial charge >= 0.3 is 0 Å². The van der Waals surface area contributed by atoms with Crippen LogP contribution in [0.5, 0.6) is 0 Å². The quantitative estimate of drug-likeness (QED) is 0.462. The molecule has 2 aromatic carbocycles. The van der Waals surface area contributed by atoms with Crippen molar-refractivity contribution in [3.63, 3.8) is 0 Å². The largest absolute Gasteiger partial charge is 0.333 e. The van der Waals surface area contributed by atoms with Crippen molar-refractivity contribution in [1.82, 2.24) is 9.47 Å². The van der Waals surface area contributed by atoms with Gasteiger partial charge in [-0.05, 0) is 41.8 Å². The van der Waals surface area contributed by atoms with Crippen molar-refractivity contribution < 1.29 is 4.79 Å². The summed E-state index contributed by atoms with van der Waals surface area (Å²) in [5.74, 6) is -0.185. The third kappa shape index (κ3) is 5.71. The Balaban J connectivity index is 2.03. The zero-order valence-electron chi connectivity index (χ0n) is 17.0. The highest BCUT2D eigenvalue weighted by Crippen LogP contribution is 2.18. The fraction of sp³-hybridized carbons (Fsp3) is 0.200. The Labute approximate surface area is 182 Å².